The molecule has 0 saturated carbocycles. The largest absolute Gasteiger partial charge is 0.481 e. The van der Waals surface area contributed by atoms with Gasteiger partial charge in [-0.05, 0) is 6.92 Å². The number of nitrogens with zero attached hydrogens (tertiary/aromatic N) is 1. The van der Waals surface area contributed by atoms with Gasteiger partial charge in [-0.25, -0.2) is 18.5 Å². The van der Waals surface area contributed by atoms with Gasteiger partial charge >= 0.3 is 5.97 Å². The van der Waals surface area contributed by atoms with Gasteiger partial charge in [-0.15, -0.1) is 11.3 Å². The minimum atomic E-state index is -3.83. The van der Waals surface area contributed by atoms with Crippen LogP contribution < -0.4 is 5.14 Å². The maximum absolute atomic E-state index is 10.8. The third kappa shape index (κ3) is 2.28. The first kappa shape index (κ1) is 11.1. The van der Waals surface area contributed by atoms with Crippen molar-refractivity contribution in [1.29, 1.82) is 0 Å². The van der Waals surface area contributed by atoms with Crippen molar-refractivity contribution >= 4 is 27.3 Å². The highest BCUT2D eigenvalue weighted by atomic mass is 32.2. The molecule has 0 aliphatic carbocycles. The first-order chi connectivity index (χ1) is 6.32. The van der Waals surface area contributed by atoms with E-state index in [9.17, 15) is 13.2 Å². The summed E-state index contributed by atoms with van der Waals surface area (Å²) in [6.07, 6.45) is 0. The summed E-state index contributed by atoms with van der Waals surface area (Å²) in [7, 11) is -3.83. The molecule has 1 aromatic heterocycles. The smallest absolute Gasteiger partial charge is 0.312 e. The lowest BCUT2D eigenvalue weighted by atomic mass is 10.1. The Kier molecular flexibility index (Phi) is 2.88. The van der Waals surface area contributed by atoms with Crippen LogP contribution in [-0.4, -0.2) is 24.5 Å². The standard InChI is InChI=1S/C6H8N2O4S2/c1-3(5(9)10)4-2-13-6(8-4)14(7,11)12/h2-3H,1H3,(H,9,10)(H2,7,11,12). The number of sulfonamides is 1. The number of hydrogen-bond donors (Lipinski definition) is 2. The van der Waals surface area contributed by atoms with Crippen LogP contribution >= 0.6 is 11.3 Å². The predicted octanol–water partition coefficient (Wildman–Crippen LogP) is -0.0214. The molecule has 1 atom stereocenters. The molecule has 1 aromatic rings. The molecule has 14 heavy (non-hydrogen) atoms. The van der Waals surface area contributed by atoms with Gasteiger partial charge in [-0.2, -0.15) is 0 Å². The molecule has 1 rings (SSSR count). The van der Waals surface area contributed by atoms with Crippen LogP contribution in [0.4, 0.5) is 0 Å². The van der Waals surface area contributed by atoms with Gasteiger partial charge in [0.05, 0.1) is 11.6 Å². The minimum absolute atomic E-state index is 0.200. The van der Waals surface area contributed by atoms with Crippen molar-refractivity contribution in [3.05, 3.63) is 11.1 Å². The molecule has 0 radical (unpaired) electrons. The number of rotatable bonds is 3. The highest BCUT2D eigenvalue weighted by molar-refractivity contribution is 7.91. The summed E-state index contributed by atoms with van der Waals surface area (Å²) in [5, 5.41) is 14.8. The van der Waals surface area contributed by atoms with Crippen LogP contribution in [0, 0.1) is 0 Å². The Bertz CT molecular complexity index is 450. The summed E-state index contributed by atoms with van der Waals surface area (Å²) in [6.45, 7) is 1.42. The summed E-state index contributed by atoms with van der Waals surface area (Å²) in [6, 6.07) is 0. The fourth-order valence-electron chi connectivity index (χ4n) is 0.725. The molecule has 8 heteroatoms. The number of hydrogen-bond acceptors (Lipinski definition) is 5. The molecule has 1 heterocycles. The molecule has 1 unspecified atom stereocenters. The highest BCUT2D eigenvalue weighted by Gasteiger charge is 2.20. The molecule has 0 fully saturated rings. The summed E-state index contributed by atoms with van der Waals surface area (Å²) in [4.78, 5) is 14.2. The predicted molar refractivity (Wildman–Crippen MR) is 49.5 cm³/mol. The van der Waals surface area contributed by atoms with E-state index in [4.69, 9.17) is 10.2 Å². The zero-order valence-electron chi connectivity index (χ0n) is 7.17. The molecule has 0 saturated heterocycles. The lowest BCUT2D eigenvalue weighted by molar-refractivity contribution is -0.138. The topological polar surface area (TPSA) is 110 Å². The molecular weight excluding hydrogens is 228 g/mol. The van der Waals surface area contributed by atoms with E-state index in [0.717, 1.165) is 11.3 Å². The maximum Gasteiger partial charge on any atom is 0.312 e. The minimum Gasteiger partial charge on any atom is -0.481 e. The Morgan fingerprint density at radius 2 is 2.29 bits per heavy atom. The van der Waals surface area contributed by atoms with E-state index in [1.807, 2.05) is 0 Å². The Morgan fingerprint density at radius 3 is 2.64 bits per heavy atom. The molecule has 0 aromatic carbocycles. The lowest BCUT2D eigenvalue weighted by Crippen LogP contribution is -2.13. The third-order valence-electron chi connectivity index (χ3n) is 1.56. The van der Waals surface area contributed by atoms with Crippen LogP contribution in [0.2, 0.25) is 0 Å². The van der Waals surface area contributed by atoms with Gasteiger partial charge in [-0.3, -0.25) is 4.79 Å². The first-order valence-corrected chi connectivity index (χ1v) is 5.96. The summed E-state index contributed by atoms with van der Waals surface area (Å²) in [5.41, 5.74) is 0.200. The van der Waals surface area contributed by atoms with Gasteiger partial charge in [0.2, 0.25) is 4.34 Å². The molecule has 0 aliphatic heterocycles. The number of nitrogens with two attached hydrogens (primary N) is 1. The van der Waals surface area contributed by atoms with Crippen LogP contribution in [0.15, 0.2) is 9.72 Å². The van der Waals surface area contributed by atoms with E-state index in [1.165, 1.54) is 12.3 Å². The van der Waals surface area contributed by atoms with E-state index >= 15 is 0 Å². The zero-order valence-corrected chi connectivity index (χ0v) is 8.80. The zero-order chi connectivity index (χ0) is 10.9. The Balaban J connectivity index is 3.06. The summed E-state index contributed by atoms with van der Waals surface area (Å²) in [5.74, 6) is -1.89. The van der Waals surface area contributed by atoms with Gasteiger partial charge in [0.1, 0.15) is 0 Å². The van der Waals surface area contributed by atoms with Crippen molar-refractivity contribution in [3.63, 3.8) is 0 Å². The number of primary sulfonamides is 1. The molecule has 0 spiro atoms. The normalized spacial score (nSPS) is 13.9. The number of aromatic nitrogens is 1. The number of carboxylic acids is 1. The quantitative estimate of drug-likeness (QED) is 0.766. The van der Waals surface area contributed by atoms with Crippen molar-refractivity contribution in [2.75, 3.05) is 0 Å². The van der Waals surface area contributed by atoms with Crippen LogP contribution in [-0.2, 0) is 14.8 Å². The van der Waals surface area contributed by atoms with Crippen LogP contribution in [0.3, 0.4) is 0 Å². The van der Waals surface area contributed by atoms with Crippen LogP contribution in [0.5, 0.6) is 0 Å². The van der Waals surface area contributed by atoms with Crippen molar-refractivity contribution in [3.8, 4) is 0 Å². The number of carboxylic acid groups (broad SMARTS) is 1. The van der Waals surface area contributed by atoms with Crippen LogP contribution in [0.1, 0.15) is 18.5 Å². The molecule has 3 N–H and O–H groups in total. The third-order valence-corrected chi connectivity index (χ3v) is 3.77. The van der Waals surface area contributed by atoms with Crippen LogP contribution in [0.25, 0.3) is 0 Å². The van der Waals surface area contributed by atoms with Crippen molar-refractivity contribution in [1.82, 2.24) is 4.98 Å². The van der Waals surface area contributed by atoms with E-state index in [-0.39, 0.29) is 10.0 Å². The second kappa shape index (κ2) is 3.64. The molecule has 6 nitrogen and oxygen atoms in total. The highest BCUT2D eigenvalue weighted by Crippen LogP contribution is 2.20. The average molecular weight is 236 g/mol. The summed E-state index contributed by atoms with van der Waals surface area (Å²) >= 11 is 0.815. The van der Waals surface area contributed by atoms with Gasteiger partial charge in [-0.1, -0.05) is 0 Å². The van der Waals surface area contributed by atoms with Gasteiger partial charge < -0.3 is 5.11 Å². The van der Waals surface area contributed by atoms with E-state index in [1.54, 1.807) is 0 Å². The van der Waals surface area contributed by atoms with E-state index in [2.05, 4.69) is 4.98 Å². The molecule has 78 valence electrons. The lowest BCUT2D eigenvalue weighted by Gasteiger charge is -1.99. The Hall–Kier alpha value is -0.990. The van der Waals surface area contributed by atoms with Crippen molar-refractivity contribution in [2.45, 2.75) is 17.2 Å². The number of carbonyl (C=O) groups is 1. The van der Waals surface area contributed by atoms with E-state index in [0.29, 0.717) is 0 Å². The van der Waals surface area contributed by atoms with Gasteiger partial charge in [0.25, 0.3) is 10.0 Å². The molecular formula is C6H8N2O4S2. The fraction of sp³-hybridized carbons (Fsp3) is 0.333. The first-order valence-electron chi connectivity index (χ1n) is 3.53. The SMILES string of the molecule is CC(C(=O)O)c1csc(S(N)(=O)=O)n1. The van der Waals surface area contributed by atoms with Gasteiger partial charge in [0, 0.05) is 5.38 Å². The molecule has 0 bridgehead atoms. The maximum atomic E-state index is 10.8. The Morgan fingerprint density at radius 1 is 1.71 bits per heavy atom. The Labute approximate surface area is 84.4 Å². The second-order valence-corrected chi connectivity index (χ2v) is 5.24. The van der Waals surface area contributed by atoms with E-state index < -0.39 is 21.9 Å². The monoisotopic (exact) mass is 236 g/mol. The number of aliphatic carboxylic acids is 1. The second-order valence-electron chi connectivity index (χ2n) is 2.64. The molecule has 0 amide bonds. The van der Waals surface area contributed by atoms with Gasteiger partial charge in [0.15, 0.2) is 0 Å². The number of thiazole rings is 1. The van der Waals surface area contributed by atoms with Crippen molar-refractivity contribution < 1.29 is 18.3 Å². The average Bonchev–Trinajstić information content (AvgIpc) is 2.49. The summed E-state index contributed by atoms with van der Waals surface area (Å²) < 4.78 is 21.4. The van der Waals surface area contributed by atoms with Crippen molar-refractivity contribution in [2.24, 2.45) is 5.14 Å². The molecule has 0 aliphatic rings. The fourth-order valence-corrected chi connectivity index (χ4v) is 2.27.